The van der Waals surface area contributed by atoms with Gasteiger partial charge in [-0.15, -0.1) is 0 Å². The molecular weight excluding hydrogens is 903 g/mol. The molecule has 0 saturated heterocycles. The quantitative estimate of drug-likeness (QED) is 0.0358. The van der Waals surface area contributed by atoms with Crippen LogP contribution in [0.25, 0.3) is 0 Å². The summed E-state index contributed by atoms with van der Waals surface area (Å²) in [6.45, 7) is 13.8. The number of rotatable bonds is 51. The SMILES string of the molecule is CCCCCCCCCCCCCCCCCCCCCCCCCCC(=Nc1ccc(CC)c(CC)c1)C(CCCCCCCCCCCCCCCCCCCC)=Nc1ccc(CC)c(CC)c1.[Ni]. The first-order valence-electron chi connectivity index (χ1n) is 32.0. The van der Waals surface area contributed by atoms with Gasteiger partial charge in [-0.25, -0.2) is 0 Å². The summed E-state index contributed by atoms with van der Waals surface area (Å²) in [4.78, 5) is 11.1. The first kappa shape index (κ1) is 67.3. The van der Waals surface area contributed by atoms with E-state index in [9.17, 15) is 0 Å². The summed E-state index contributed by atoms with van der Waals surface area (Å²) in [5.41, 5.74) is 10.5. The van der Waals surface area contributed by atoms with E-state index in [1.54, 1.807) is 0 Å². The molecule has 0 radical (unpaired) electrons. The topological polar surface area (TPSA) is 24.7 Å². The van der Waals surface area contributed by atoms with Crippen LogP contribution in [0.15, 0.2) is 46.4 Å². The zero-order valence-electron chi connectivity index (χ0n) is 48.6. The Morgan fingerprint density at radius 3 is 0.648 bits per heavy atom. The molecule has 0 spiro atoms. The van der Waals surface area contributed by atoms with Crippen LogP contribution in [0, 0.1) is 0 Å². The Balaban J connectivity index is 0.0000252. The molecule has 0 amide bonds. The third kappa shape index (κ3) is 36.8. The fourth-order valence-electron chi connectivity index (χ4n) is 11.0. The van der Waals surface area contributed by atoms with Gasteiger partial charge in [-0.2, -0.15) is 0 Å². The molecule has 0 aliphatic rings. The summed E-state index contributed by atoms with van der Waals surface area (Å²) in [6, 6.07) is 14.0. The minimum atomic E-state index is 0. The maximum absolute atomic E-state index is 5.53. The molecule has 0 aliphatic heterocycles. The zero-order valence-corrected chi connectivity index (χ0v) is 49.6. The van der Waals surface area contributed by atoms with Crippen LogP contribution in [-0.2, 0) is 42.2 Å². The second kappa shape index (κ2) is 50.4. The summed E-state index contributed by atoms with van der Waals surface area (Å²) < 4.78 is 0. The summed E-state index contributed by atoms with van der Waals surface area (Å²) in [5.74, 6) is 0. The van der Waals surface area contributed by atoms with E-state index in [0.717, 1.165) is 49.9 Å². The molecule has 2 nitrogen and oxygen atoms in total. The molecule has 0 atom stereocenters. The maximum Gasteiger partial charge on any atom is 0.0636 e. The smallest absolute Gasteiger partial charge is 0.0636 e. The fraction of sp³-hybridized carbons (Fsp3) is 0.794. The number of hydrogen-bond acceptors (Lipinski definition) is 2. The second-order valence-corrected chi connectivity index (χ2v) is 22.1. The van der Waals surface area contributed by atoms with Crippen LogP contribution in [-0.4, -0.2) is 11.4 Å². The number of aryl methyl sites for hydroxylation is 4. The van der Waals surface area contributed by atoms with Crippen molar-refractivity contribution < 1.29 is 16.5 Å². The number of aliphatic imine (C=N–C) groups is 2. The average molecular weight is 1020 g/mol. The molecule has 0 saturated carbocycles. The largest absolute Gasteiger partial charge is 0.252 e. The van der Waals surface area contributed by atoms with E-state index < -0.39 is 0 Å². The Kier molecular flexibility index (Phi) is 47.8. The van der Waals surface area contributed by atoms with Gasteiger partial charge in [0.15, 0.2) is 0 Å². The van der Waals surface area contributed by atoms with Crippen molar-refractivity contribution in [1.82, 2.24) is 0 Å². The van der Waals surface area contributed by atoms with Gasteiger partial charge in [-0.3, -0.25) is 9.98 Å². The maximum atomic E-state index is 5.53. The molecule has 0 heterocycles. The molecule has 0 fully saturated rings. The van der Waals surface area contributed by atoms with Gasteiger partial charge in [0.2, 0.25) is 0 Å². The Hall–Kier alpha value is -1.73. The van der Waals surface area contributed by atoms with Crippen LogP contribution in [0.1, 0.15) is 346 Å². The van der Waals surface area contributed by atoms with E-state index in [1.807, 2.05) is 0 Å². The Bertz CT molecular complexity index is 1520. The normalized spacial score (nSPS) is 12.0. The van der Waals surface area contributed by atoms with E-state index in [2.05, 4.69) is 77.9 Å². The number of benzene rings is 2. The molecule has 71 heavy (non-hydrogen) atoms. The summed E-state index contributed by atoms with van der Waals surface area (Å²) >= 11 is 0. The van der Waals surface area contributed by atoms with Crippen LogP contribution < -0.4 is 0 Å². The molecule has 0 aliphatic carbocycles. The third-order valence-corrected chi connectivity index (χ3v) is 15.8. The van der Waals surface area contributed by atoms with Crippen molar-refractivity contribution >= 4 is 22.8 Å². The Morgan fingerprint density at radius 1 is 0.254 bits per heavy atom. The van der Waals surface area contributed by atoms with Crippen molar-refractivity contribution in [3.63, 3.8) is 0 Å². The Morgan fingerprint density at radius 2 is 0.451 bits per heavy atom. The first-order valence-corrected chi connectivity index (χ1v) is 32.0. The predicted octanol–water partition coefficient (Wildman–Crippen LogP) is 24.0. The molecule has 2 aromatic carbocycles. The van der Waals surface area contributed by atoms with Crippen molar-refractivity contribution in [1.29, 1.82) is 0 Å². The van der Waals surface area contributed by atoms with Crippen molar-refractivity contribution in [2.24, 2.45) is 9.98 Å². The molecule has 412 valence electrons. The third-order valence-electron chi connectivity index (χ3n) is 15.8. The summed E-state index contributed by atoms with van der Waals surface area (Å²) in [5, 5.41) is 0. The van der Waals surface area contributed by atoms with E-state index in [4.69, 9.17) is 9.98 Å². The minimum Gasteiger partial charge on any atom is -0.252 e. The molecule has 0 N–H and O–H groups in total. The van der Waals surface area contributed by atoms with Crippen LogP contribution in [0.3, 0.4) is 0 Å². The molecule has 0 bridgehead atoms. The number of unbranched alkanes of at least 4 members (excludes halogenated alkanes) is 40. The molecule has 0 unspecified atom stereocenters. The second-order valence-electron chi connectivity index (χ2n) is 22.1. The molecule has 2 aromatic rings. The Labute approximate surface area is 455 Å². The molecule has 2 rings (SSSR count). The summed E-state index contributed by atoms with van der Waals surface area (Å²) in [6.07, 6.45) is 66.0. The predicted molar refractivity (Wildman–Crippen MR) is 319 cm³/mol. The van der Waals surface area contributed by atoms with Crippen molar-refractivity contribution in [3.8, 4) is 0 Å². The van der Waals surface area contributed by atoms with Gasteiger partial charge in [0, 0.05) is 16.5 Å². The summed E-state index contributed by atoms with van der Waals surface area (Å²) in [7, 11) is 0. The van der Waals surface area contributed by atoms with Crippen LogP contribution in [0.2, 0.25) is 0 Å². The van der Waals surface area contributed by atoms with Crippen LogP contribution in [0.5, 0.6) is 0 Å². The van der Waals surface area contributed by atoms with Gasteiger partial charge in [0.1, 0.15) is 0 Å². The van der Waals surface area contributed by atoms with Gasteiger partial charge < -0.3 is 0 Å². The van der Waals surface area contributed by atoms with Gasteiger partial charge in [-0.05, 0) is 97.9 Å². The monoisotopic (exact) mass is 1020 g/mol. The average Bonchev–Trinajstić information content (AvgIpc) is 3.38. The van der Waals surface area contributed by atoms with Gasteiger partial charge >= 0.3 is 0 Å². The number of hydrogen-bond donors (Lipinski definition) is 0. The van der Waals surface area contributed by atoms with Gasteiger partial charge in [0.25, 0.3) is 0 Å². The van der Waals surface area contributed by atoms with E-state index >= 15 is 0 Å². The van der Waals surface area contributed by atoms with E-state index in [-0.39, 0.29) is 16.5 Å². The minimum absolute atomic E-state index is 0. The zero-order chi connectivity index (χ0) is 50.2. The standard InChI is InChI=1S/C68H120N2.Ni/c1-7-13-15-17-19-21-23-25-27-29-31-32-33-34-35-36-38-40-42-44-46-48-50-52-54-68(70-66-58-56-62(10-4)64(12-6)60-66)67(69-65-57-55-61(9-3)63(11-5)59-65)53-51-49-47-45-43-41-39-37-30-28-26-24-22-20-18-16-14-8-2;/h55-60H,7-54H2,1-6H3;. The van der Waals surface area contributed by atoms with E-state index in [0.29, 0.717) is 0 Å². The van der Waals surface area contributed by atoms with Crippen molar-refractivity contribution in [2.75, 3.05) is 0 Å². The molecule has 0 aromatic heterocycles. The van der Waals surface area contributed by atoms with Gasteiger partial charge in [-0.1, -0.05) is 311 Å². The first-order chi connectivity index (χ1) is 34.6. The van der Waals surface area contributed by atoms with Crippen molar-refractivity contribution in [2.45, 2.75) is 350 Å². The van der Waals surface area contributed by atoms with Crippen molar-refractivity contribution in [3.05, 3.63) is 58.7 Å². The fourth-order valence-corrected chi connectivity index (χ4v) is 11.0. The molecule has 3 heteroatoms. The van der Waals surface area contributed by atoms with Crippen LogP contribution in [0.4, 0.5) is 11.4 Å². The number of nitrogens with zero attached hydrogens (tertiary/aromatic N) is 2. The van der Waals surface area contributed by atoms with Gasteiger partial charge in [0.05, 0.1) is 22.8 Å². The van der Waals surface area contributed by atoms with Crippen LogP contribution >= 0.6 is 0 Å². The van der Waals surface area contributed by atoms with E-state index in [1.165, 1.54) is 303 Å². The molecular formula is C68H120N2Ni.